The number of hydrogen-bond donors (Lipinski definition) is 2. The van der Waals surface area contributed by atoms with Crippen LogP contribution in [0.15, 0.2) is 24.3 Å². The third-order valence-corrected chi connectivity index (χ3v) is 7.08. The van der Waals surface area contributed by atoms with E-state index in [9.17, 15) is 17.6 Å². The van der Waals surface area contributed by atoms with E-state index in [0.29, 0.717) is 6.54 Å². The Balaban J connectivity index is 1.46. The van der Waals surface area contributed by atoms with Crippen LogP contribution in [0, 0.1) is 5.82 Å². The molecule has 2 aliphatic rings. The number of quaternary nitrogens is 1. The lowest BCUT2D eigenvalue weighted by molar-refractivity contribution is -0.892. The molecule has 2 saturated heterocycles. The van der Waals surface area contributed by atoms with Crippen molar-refractivity contribution in [2.75, 3.05) is 49.1 Å². The molecule has 0 aromatic heterocycles. The molecule has 2 aliphatic heterocycles. The van der Waals surface area contributed by atoms with Crippen molar-refractivity contribution in [2.24, 2.45) is 0 Å². The minimum atomic E-state index is -3.15. The number of nitrogens with zero attached hydrogens (tertiary/aromatic N) is 1. The van der Waals surface area contributed by atoms with Crippen molar-refractivity contribution < 1.29 is 22.5 Å². The summed E-state index contributed by atoms with van der Waals surface area (Å²) in [7, 11) is -3.15. The van der Waals surface area contributed by atoms with Crippen LogP contribution in [0.5, 0.6) is 0 Å². The Hall–Kier alpha value is -1.38. The van der Waals surface area contributed by atoms with Crippen LogP contribution in [0.4, 0.5) is 10.1 Å². The zero-order valence-corrected chi connectivity index (χ0v) is 15.3. The van der Waals surface area contributed by atoms with E-state index >= 15 is 0 Å². The molecule has 2 fully saturated rings. The number of alkyl halides is 1. The van der Waals surface area contributed by atoms with Gasteiger partial charge in [-0.2, -0.15) is 0 Å². The third-order valence-electron chi connectivity index (χ3n) is 4.70. The maximum Gasteiger partial charge on any atom is 0.275 e. The fourth-order valence-corrected chi connectivity index (χ4v) is 5.88. The first-order valence-electron chi connectivity index (χ1n) is 8.30. The molecule has 0 bridgehead atoms. The molecule has 0 saturated carbocycles. The molecule has 1 aromatic rings. The minimum absolute atomic E-state index is 0.0807. The van der Waals surface area contributed by atoms with Gasteiger partial charge in [-0.05, 0) is 24.3 Å². The van der Waals surface area contributed by atoms with Crippen molar-refractivity contribution in [3.63, 3.8) is 0 Å². The monoisotopic (exact) mass is 390 g/mol. The van der Waals surface area contributed by atoms with Crippen molar-refractivity contribution >= 4 is 33.0 Å². The van der Waals surface area contributed by atoms with Crippen LogP contribution in [-0.2, 0) is 14.6 Å². The van der Waals surface area contributed by atoms with E-state index in [1.54, 1.807) is 12.1 Å². The maximum atomic E-state index is 13.0. The largest absolute Gasteiger partial charge is 0.360 e. The normalized spacial score (nSPS) is 26.6. The van der Waals surface area contributed by atoms with Gasteiger partial charge in [0.25, 0.3) is 5.91 Å². The number of hydrogen-bond acceptors (Lipinski definition) is 4. The van der Waals surface area contributed by atoms with Crippen molar-refractivity contribution in [2.45, 2.75) is 11.4 Å². The smallest absolute Gasteiger partial charge is 0.275 e. The molecule has 2 N–H and O–H groups in total. The van der Waals surface area contributed by atoms with Gasteiger partial charge in [-0.15, -0.1) is 11.6 Å². The average Bonchev–Trinajstić information content (AvgIpc) is 2.80. The van der Waals surface area contributed by atoms with E-state index in [0.717, 1.165) is 36.8 Å². The second-order valence-electron chi connectivity index (χ2n) is 6.66. The lowest BCUT2D eigenvalue weighted by atomic mass is 10.2. The molecule has 0 spiro atoms. The van der Waals surface area contributed by atoms with Gasteiger partial charge < -0.3 is 15.1 Å². The molecule has 0 aliphatic carbocycles. The SMILES string of the molecule is O=C(C[NH+]1CCN(c2ccc(F)cc2)CC1)N[C@@H]1CS(=O)(=O)C[C@H]1Cl. The van der Waals surface area contributed by atoms with Gasteiger partial charge in [-0.3, -0.25) is 4.79 Å². The quantitative estimate of drug-likeness (QED) is 0.650. The van der Waals surface area contributed by atoms with Crippen molar-refractivity contribution in [1.29, 1.82) is 0 Å². The molecule has 6 nitrogen and oxygen atoms in total. The Morgan fingerprint density at radius 1 is 1.24 bits per heavy atom. The zero-order chi connectivity index (χ0) is 18.0. The van der Waals surface area contributed by atoms with E-state index < -0.39 is 21.3 Å². The number of sulfone groups is 1. The second-order valence-corrected chi connectivity index (χ2v) is 9.37. The number of piperazine rings is 1. The van der Waals surface area contributed by atoms with Gasteiger partial charge in [0.1, 0.15) is 5.82 Å². The zero-order valence-electron chi connectivity index (χ0n) is 13.7. The van der Waals surface area contributed by atoms with Gasteiger partial charge in [0.2, 0.25) is 0 Å². The number of benzene rings is 1. The summed E-state index contributed by atoms with van der Waals surface area (Å²) in [6.45, 7) is 3.45. The predicted octanol–water partition coefficient (Wildman–Crippen LogP) is -0.949. The molecule has 1 amide bonds. The van der Waals surface area contributed by atoms with Crippen LogP contribution in [-0.4, -0.2) is 70.0 Å². The summed E-state index contributed by atoms with van der Waals surface area (Å²) >= 11 is 6.01. The number of carbonyl (C=O) groups excluding carboxylic acids is 1. The molecule has 25 heavy (non-hydrogen) atoms. The number of nitrogens with one attached hydrogen (secondary N) is 2. The number of halogens is 2. The fourth-order valence-electron chi connectivity index (χ4n) is 3.33. The standard InChI is InChI=1S/C16H21ClFN3O3S/c17-14-10-25(23,24)11-15(14)19-16(22)9-20-5-7-21(8-6-20)13-3-1-12(18)2-4-13/h1-4,14-15H,5-11H2,(H,19,22)/p+1/t14-,15-/m1/s1. The molecule has 1 aromatic carbocycles. The summed E-state index contributed by atoms with van der Waals surface area (Å²) in [5.41, 5.74) is 0.978. The lowest BCUT2D eigenvalue weighted by Crippen LogP contribution is -3.16. The number of carbonyl (C=O) groups is 1. The summed E-state index contributed by atoms with van der Waals surface area (Å²) < 4.78 is 36.1. The molecule has 0 radical (unpaired) electrons. The highest BCUT2D eigenvalue weighted by molar-refractivity contribution is 7.91. The highest BCUT2D eigenvalue weighted by atomic mass is 35.5. The maximum absolute atomic E-state index is 13.0. The van der Waals surface area contributed by atoms with E-state index in [2.05, 4.69) is 10.2 Å². The molecule has 9 heteroatoms. The molecule has 3 rings (SSSR count). The predicted molar refractivity (Wildman–Crippen MR) is 94.4 cm³/mol. The fraction of sp³-hybridized carbons (Fsp3) is 0.562. The summed E-state index contributed by atoms with van der Waals surface area (Å²) in [5, 5.41) is 2.20. The van der Waals surface area contributed by atoms with Gasteiger partial charge in [-0.1, -0.05) is 0 Å². The van der Waals surface area contributed by atoms with Crippen molar-refractivity contribution in [1.82, 2.24) is 5.32 Å². The summed E-state index contributed by atoms with van der Waals surface area (Å²) in [6.07, 6.45) is 0. The van der Waals surface area contributed by atoms with E-state index in [-0.39, 0.29) is 23.2 Å². The van der Waals surface area contributed by atoms with E-state index in [1.165, 1.54) is 12.1 Å². The molecule has 2 atom stereocenters. The molecular weight excluding hydrogens is 369 g/mol. The Labute approximate surface area is 151 Å². The molecule has 0 unspecified atom stereocenters. The van der Waals surface area contributed by atoms with Gasteiger partial charge in [0.05, 0.1) is 49.1 Å². The second kappa shape index (κ2) is 7.47. The first kappa shape index (κ1) is 18.4. The van der Waals surface area contributed by atoms with Crippen LogP contribution >= 0.6 is 11.6 Å². The minimum Gasteiger partial charge on any atom is -0.360 e. The Morgan fingerprint density at radius 3 is 2.44 bits per heavy atom. The Kier molecular flexibility index (Phi) is 5.50. The first-order valence-corrected chi connectivity index (χ1v) is 10.6. The van der Waals surface area contributed by atoms with Crippen LogP contribution < -0.4 is 15.1 Å². The molecule has 138 valence electrons. The highest BCUT2D eigenvalue weighted by Gasteiger charge is 2.37. The molecule has 2 heterocycles. The number of anilines is 1. The number of amides is 1. The van der Waals surface area contributed by atoms with Gasteiger partial charge >= 0.3 is 0 Å². The highest BCUT2D eigenvalue weighted by Crippen LogP contribution is 2.18. The van der Waals surface area contributed by atoms with Gasteiger partial charge in [0.15, 0.2) is 16.4 Å². The Bertz CT molecular complexity index is 721. The first-order chi connectivity index (χ1) is 11.8. The third kappa shape index (κ3) is 4.83. The lowest BCUT2D eigenvalue weighted by Gasteiger charge is -2.33. The topological polar surface area (TPSA) is 70.9 Å². The van der Waals surface area contributed by atoms with Gasteiger partial charge in [-0.25, -0.2) is 12.8 Å². The van der Waals surface area contributed by atoms with E-state index in [1.807, 2.05) is 0 Å². The van der Waals surface area contributed by atoms with Crippen LogP contribution in [0.1, 0.15) is 0 Å². The van der Waals surface area contributed by atoms with Gasteiger partial charge in [0, 0.05) is 5.69 Å². The van der Waals surface area contributed by atoms with Crippen LogP contribution in [0.3, 0.4) is 0 Å². The van der Waals surface area contributed by atoms with Crippen LogP contribution in [0.25, 0.3) is 0 Å². The Morgan fingerprint density at radius 2 is 1.88 bits per heavy atom. The summed E-state index contributed by atoms with van der Waals surface area (Å²) in [5.74, 6) is -0.585. The average molecular weight is 391 g/mol. The molecular formula is C16H22ClFN3O3S+. The van der Waals surface area contributed by atoms with Crippen molar-refractivity contribution in [3.8, 4) is 0 Å². The van der Waals surface area contributed by atoms with Crippen LogP contribution in [0.2, 0.25) is 0 Å². The number of rotatable bonds is 4. The summed E-state index contributed by atoms with van der Waals surface area (Å²) in [6, 6.07) is 5.90. The van der Waals surface area contributed by atoms with E-state index in [4.69, 9.17) is 11.6 Å². The van der Waals surface area contributed by atoms with Crippen molar-refractivity contribution in [3.05, 3.63) is 30.1 Å². The summed E-state index contributed by atoms with van der Waals surface area (Å²) in [4.78, 5) is 15.5.